The Hall–Kier alpha value is -2.42. The van der Waals surface area contributed by atoms with Crippen molar-refractivity contribution in [2.24, 2.45) is 0 Å². The fraction of sp³-hybridized carbons (Fsp3) is 0.440. The zero-order valence-electron chi connectivity index (χ0n) is 17.4. The summed E-state index contributed by atoms with van der Waals surface area (Å²) in [6.45, 7) is 4.39. The number of fused-ring (bicyclic) bond motifs is 1. The molecule has 1 heterocycles. The number of rotatable bonds is 12. The normalized spacial score (nSPS) is 12.0. The monoisotopic (exact) mass is 378 g/mol. The lowest BCUT2D eigenvalue weighted by molar-refractivity contribution is -0.116. The second kappa shape index (κ2) is 12.9. The molecule has 1 aromatic heterocycles. The van der Waals surface area contributed by atoms with Gasteiger partial charge in [0.05, 0.1) is 11.2 Å². The van der Waals surface area contributed by atoms with Gasteiger partial charge in [0, 0.05) is 18.0 Å². The second-order valence-electron chi connectivity index (χ2n) is 7.22. The number of carbonyl (C=O) groups is 1. The first kappa shape index (κ1) is 21.9. The van der Waals surface area contributed by atoms with Gasteiger partial charge in [-0.05, 0) is 44.2 Å². The molecule has 0 atom stereocenters. The van der Waals surface area contributed by atoms with Gasteiger partial charge in [-0.2, -0.15) is 0 Å². The number of amides is 1. The molecule has 2 rings (SSSR count). The van der Waals surface area contributed by atoms with Gasteiger partial charge in [0.2, 0.25) is 5.91 Å². The summed E-state index contributed by atoms with van der Waals surface area (Å²) in [5.74, 6) is 0.0451. The minimum absolute atomic E-state index is 0.0451. The maximum Gasteiger partial charge on any atom is 0.224 e. The molecule has 0 aliphatic heterocycles. The lowest BCUT2D eigenvalue weighted by atomic mass is 10.0. The number of para-hydroxylation sites is 1. The van der Waals surface area contributed by atoms with Crippen LogP contribution in [0.5, 0.6) is 0 Å². The van der Waals surface area contributed by atoms with Crippen molar-refractivity contribution in [2.45, 2.75) is 71.6 Å². The number of unbranched alkanes of at least 4 members (excludes halogenated alkanes) is 4. The van der Waals surface area contributed by atoms with Crippen LogP contribution in [0.1, 0.15) is 71.6 Å². The summed E-state index contributed by atoms with van der Waals surface area (Å²) in [6.07, 6.45) is 18.2. The van der Waals surface area contributed by atoms with Crippen LogP contribution in [0.2, 0.25) is 0 Å². The van der Waals surface area contributed by atoms with Crippen LogP contribution in [0.3, 0.4) is 0 Å². The number of carbonyl (C=O) groups excluding carboxylic acids is 1. The summed E-state index contributed by atoms with van der Waals surface area (Å²) in [6, 6.07) is 9.79. The summed E-state index contributed by atoms with van der Waals surface area (Å²) in [5.41, 5.74) is 2.98. The summed E-state index contributed by atoms with van der Waals surface area (Å²) < 4.78 is 0. The standard InChI is InChI=1S/C25H34N2O/c1-3-5-6-7-8-9-10-14-21(13-4-2)18-19-24(28)27-23-17-11-15-22-16-12-20-26-25(22)23/h9-13,15-17,20H,3-8,14,18-19H2,1-2H3,(H,27,28)/b10-9+,21-13?. The highest BCUT2D eigenvalue weighted by Crippen LogP contribution is 2.21. The van der Waals surface area contributed by atoms with Crippen LogP contribution in [0.4, 0.5) is 5.69 Å². The largest absolute Gasteiger partial charge is 0.324 e. The maximum atomic E-state index is 12.5. The molecule has 3 nitrogen and oxygen atoms in total. The Morgan fingerprint density at radius 3 is 2.71 bits per heavy atom. The van der Waals surface area contributed by atoms with Crippen molar-refractivity contribution in [3.8, 4) is 0 Å². The highest BCUT2D eigenvalue weighted by atomic mass is 16.1. The highest BCUT2D eigenvalue weighted by molar-refractivity contribution is 6.00. The molecule has 1 aromatic carbocycles. The van der Waals surface area contributed by atoms with E-state index in [0.717, 1.165) is 42.3 Å². The van der Waals surface area contributed by atoms with Crippen molar-refractivity contribution in [3.05, 3.63) is 60.3 Å². The number of nitrogens with one attached hydrogen (secondary N) is 1. The molecule has 1 amide bonds. The first-order valence-corrected chi connectivity index (χ1v) is 10.7. The summed E-state index contributed by atoms with van der Waals surface area (Å²) >= 11 is 0. The first-order chi connectivity index (χ1) is 13.7. The molecule has 28 heavy (non-hydrogen) atoms. The topological polar surface area (TPSA) is 42.0 Å². The Labute approximate surface area is 170 Å². The molecule has 0 radical (unpaired) electrons. The van der Waals surface area contributed by atoms with E-state index in [-0.39, 0.29) is 5.91 Å². The summed E-state index contributed by atoms with van der Waals surface area (Å²) in [5, 5.41) is 4.07. The van der Waals surface area contributed by atoms with Gasteiger partial charge in [-0.1, -0.05) is 75.1 Å². The molecule has 0 saturated carbocycles. The smallest absolute Gasteiger partial charge is 0.224 e. The van der Waals surface area contributed by atoms with Crippen LogP contribution in [-0.4, -0.2) is 10.9 Å². The lowest BCUT2D eigenvalue weighted by Crippen LogP contribution is -2.12. The van der Waals surface area contributed by atoms with E-state index in [1.165, 1.54) is 31.3 Å². The van der Waals surface area contributed by atoms with Gasteiger partial charge in [0.15, 0.2) is 0 Å². The van der Waals surface area contributed by atoms with Gasteiger partial charge in [-0.25, -0.2) is 0 Å². The first-order valence-electron chi connectivity index (χ1n) is 10.7. The number of hydrogen-bond donors (Lipinski definition) is 1. The number of pyridine rings is 1. The van der Waals surface area contributed by atoms with Gasteiger partial charge in [0.1, 0.15) is 0 Å². The van der Waals surface area contributed by atoms with Crippen molar-refractivity contribution < 1.29 is 4.79 Å². The molecule has 0 fully saturated rings. The van der Waals surface area contributed by atoms with Gasteiger partial charge in [0.25, 0.3) is 0 Å². The highest BCUT2D eigenvalue weighted by Gasteiger charge is 2.07. The number of anilines is 1. The van der Waals surface area contributed by atoms with Crippen LogP contribution < -0.4 is 5.32 Å². The van der Waals surface area contributed by atoms with Crippen LogP contribution in [-0.2, 0) is 4.79 Å². The fourth-order valence-electron chi connectivity index (χ4n) is 3.31. The number of benzene rings is 1. The van der Waals surface area contributed by atoms with E-state index in [2.05, 4.69) is 42.4 Å². The summed E-state index contributed by atoms with van der Waals surface area (Å²) in [4.78, 5) is 16.9. The zero-order chi connectivity index (χ0) is 20.0. The third-order valence-electron chi connectivity index (χ3n) is 4.84. The minimum Gasteiger partial charge on any atom is -0.324 e. The number of allylic oxidation sites excluding steroid dienone is 4. The molecule has 0 unspecified atom stereocenters. The second-order valence-corrected chi connectivity index (χ2v) is 7.22. The Kier molecular flexibility index (Phi) is 10.1. The van der Waals surface area contributed by atoms with Gasteiger partial charge in [-0.15, -0.1) is 0 Å². The number of aromatic nitrogens is 1. The van der Waals surface area contributed by atoms with Crippen LogP contribution >= 0.6 is 0 Å². The Bertz CT molecular complexity index is 787. The van der Waals surface area contributed by atoms with Crippen molar-refractivity contribution in [1.29, 1.82) is 0 Å². The molecule has 0 aliphatic rings. The molecule has 0 aliphatic carbocycles. The number of nitrogens with zero attached hydrogens (tertiary/aromatic N) is 1. The lowest BCUT2D eigenvalue weighted by Gasteiger charge is -2.09. The van der Waals surface area contributed by atoms with Crippen LogP contribution in [0.25, 0.3) is 10.9 Å². The van der Waals surface area contributed by atoms with E-state index in [9.17, 15) is 4.79 Å². The third-order valence-corrected chi connectivity index (χ3v) is 4.84. The fourth-order valence-corrected chi connectivity index (χ4v) is 3.31. The Morgan fingerprint density at radius 2 is 1.89 bits per heavy atom. The molecule has 2 aromatic rings. The van der Waals surface area contributed by atoms with Crippen molar-refractivity contribution in [2.75, 3.05) is 5.32 Å². The Balaban J connectivity index is 1.81. The van der Waals surface area contributed by atoms with Gasteiger partial charge in [-0.3, -0.25) is 9.78 Å². The predicted octanol–water partition coefficient (Wildman–Crippen LogP) is 7.21. The van der Waals surface area contributed by atoms with E-state index >= 15 is 0 Å². The molecule has 0 bridgehead atoms. The van der Waals surface area contributed by atoms with Crippen molar-refractivity contribution in [3.63, 3.8) is 0 Å². The number of hydrogen-bond acceptors (Lipinski definition) is 2. The van der Waals surface area contributed by atoms with Gasteiger partial charge >= 0.3 is 0 Å². The Morgan fingerprint density at radius 1 is 1.04 bits per heavy atom. The molecular weight excluding hydrogens is 344 g/mol. The SMILES string of the molecule is CCC=C(C/C=C/CCCCCC)CCC(=O)Nc1cccc2cccnc12. The predicted molar refractivity (Wildman–Crippen MR) is 120 cm³/mol. The molecule has 3 heteroatoms. The van der Waals surface area contributed by atoms with E-state index in [4.69, 9.17) is 0 Å². The molecule has 0 saturated heterocycles. The average molecular weight is 379 g/mol. The summed E-state index contributed by atoms with van der Waals surface area (Å²) in [7, 11) is 0. The molecular formula is C25H34N2O. The maximum absolute atomic E-state index is 12.5. The molecule has 0 spiro atoms. The average Bonchev–Trinajstić information content (AvgIpc) is 2.71. The van der Waals surface area contributed by atoms with Crippen molar-refractivity contribution >= 4 is 22.5 Å². The minimum atomic E-state index is 0.0451. The van der Waals surface area contributed by atoms with E-state index in [1.54, 1.807) is 6.20 Å². The van der Waals surface area contributed by atoms with Crippen LogP contribution in [0.15, 0.2) is 60.3 Å². The van der Waals surface area contributed by atoms with E-state index in [1.807, 2.05) is 30.3 Å². The zero-order valence-corrected chi connectivity index (χ0v) is 17.4. The van der Waals surface area contributed by atoms with E-state index in [0.29, 0.717) is 6.42 Å². The third kappa shape index (κ3) is 7.67. The molecule has 1 N–H and O–H groups in total. The molecule has 150 valence electrons. The van der Waals surface area contributed by atoms with Crippen molar-refractivity contribution in [1.82, 2.24) is 4.98 Å². The van der Waals surface area contributed by atoms with E-state index < -0.39 is 0 Å². The van der Waals surface area contributed by atoms with Gasteiger partial charge < -0.3 is 5.32 Å². The van der Waals surface area contributed by atoms with Crippen LogP contribution in [0, 0.1) is 0 Å². The quantitative estimate of drug-likeness (QED) is 0.313.